The van der Waals surface area contributed by atoms with Gasteiger partial charge in [0, 0.05) is 13.1 Å². The number of carboxylic acids is 1. The van der Waals surface area contributed by atoms with Crippen molar-refractivity contribution in [1.29, 1.82) is 0 Å². The molecule has 31 heavy (non-hydrogen) atoms. The number of hydrogen-bond donors (Lipinski definition) is 5. The Labute approximate surface area is 183 Å². The molecule has 0 heterocycles. The van der Waals surface area contributed by atoms with E-state index in [4.69, 9.17) is 29.9 Å². The lowest BCUT2D eigenvalue weighted by Crippen LogP contribution is -2.42. The summed E-state index contributed by atoms with van der Waals surface area (Å²) >= 11 is 0. The van der Waals surface area contributed by atoms with E-state index in [9.17, 15) is 14.4 Å². The maximum atomic E-state index is 11.8. The van der Waals surface area contributed by atoms with Crippen LogP contribution in [0, 0.1) is 0 Å². The molecule has 0 rings (SSSR count). The first-order chi connectivity index (χ1) is 15.0. The van der Waals surface area contributed by atoms with Crippen molar-refractivity contribution in [2.45, 2.75) is 38.6 Å². The molecule has 182 valence electrons. The number of amides is 2. The van der Waals surface area contributed by atoms with E-state index in [0.717, 1.165) is 19.3 Å². The van der Waals surface area contributed by atoms with Gasteiger partial charge in [-0.05, 0) is 6.42 Å². The van der Waals surface area contributed by atoms with Gasteiger partial charge in [-0.1, -0.05) is 26.2 Å². The molecule has 0 saturated carbocycles. The average molecular weight is 451 g/mol. The van der Waals surface area contributed by atoms with E-state index in [1.807, 2.05) is 6.92 Å². The van der Waals surface area contributed by atoms with Gasteiger partial charge in [-0.25, -0.2) is 4.79 Å². The van der Waals surface area contributed by atoms with Gasteiger partial charge < -0.3 is 34.7 Å². The zero-order valence-electron chi connectivity index (χ0n) is 18.4. The highest BCUT2D eigenvalue weighted by Gasteiger charge is 2.19. The van der Waals surface area contributed by atoms with E-state index in [2.05, 4.69) is 16.1 Å². The molecule has 2 amide bonds. The van der Waals surface area contributed by atoms with Crippen molar-refractivity contribution in [2.75, 3.05) is 65.9 Å². The summed E-state index contributed by atoms with van der Waals surface area (Å²) < 4.78 is 20.8. The molecule has 0 aromatic carbocycles. The second-order valence-corrected chi connectivity index (χ2v) is 6.59. The Hall–Kier alpha value is -1.83. The zero-order chi connectivity index (χ0) is 23.2. The van der Waals surface area contributed by atoms with Crippen LogP contribution >= 0.6 is 0 Å². The van der Waals surface area contributed by atoms with Crippen molar-refractivity contribution in [3.05, 3.63) is 0 Å². The Kier molecular flexibility index (Phi) is 20.1. The molecular weight excluding hydrogens is 412 g/mol. The summed E-state index contributed by atoms with van der Waals surface area (Å²) in [5.74, 6) is 3.31. The monoisotopic (exact) mass is 450 g/mol. The maximum Gasteiger partial charge on any atom is 0.326 e. The van der Waals surface area contributed by atoms with Gasteiger partial charge in [0.2, 0.25) is 11.8 Å². The second-order valence-electron chi connectivity index (χ2n) is 6.59. The molecule has 0 fully saturated rings. The molecule has 0 aliphatic rings. The van der Waals surface area contributed by atoms with Crippen molar-refractivity contribution >= 4 is 17.8 Å². The normalized spacial score (nSPS) is 11.8. The first-order valence-corrected chi connectivity index (χ1v) is 10.5. The number of carbonyl (C=O) groups excluding carboxylic acids is 2. The largest absolute Gasteiger partial charge is 0.480 e. The van der Waals surface area contributed by atoms with Crippen molar-refractivity contribution < 1.29 is 38.4 Å². The first-order valence-electron chi connectivity index (χ1n) is 10.5. The minimum absolute atomic E-state index is 0.0630. The van der Waals surface area contributed by atoms with Gasteiger partial charge in [0.05, 0.1) is 39.6 Å². The predicted molar refractivity (Wildman–Crippen MR) is 112 cm³/mol. The third-order valence-electron chi connectivity index (χ3n) is 3.90. The number of nitrogens with two attached hydrogens (primary N) is 1. The van der Waals surface area contributed by atoms with Crippen molar-refractivity contribution in [1.82, 2.24) is 16.1 Å². The van der Waals surface area contributed by atoms with Crippen LogP contribution in [0.15, 0.2) is 0 Å². The Morgan fingerprint density at radius 3 is 2.00 bits per heavy atom. The first kappa shape index (κ1) is 29.2. The summed E-state index contributed by atoms with van der Waals surface area (Å²) in [7, 11) is 0. The Balaban J connectivity index is 3.54. The van der Waals surface area contributed by atoms with E-state index in [-0.39, 0.29) is 38.9 Å². The van der Waals surface area contributed by atoms with Crippen LogP contribution in [0.4, 0.5) is 0 Å². The lowest BCUT2D eigenvalue weighted by atomic mass is 10.1. The predicted octanol–water partition coefficient (Wildman–Crippen LogP) is -1.22. The Morgan fingerprint density at radius 1 is 0.839 bits per heavy atom. The molecule has 0 spiro atoms. The topological polar surface area (TPSA) is 170 Å². The highest BCUT2D eigenvalue weighted by Crippen LogP contribution is 2.03. The number of hydrazine groups is 1. The number of ether oxygens (including phenoxy) is 4. The van der Waals surface area contributed by atoms with Crippen LogP contribution in [0.2, 0.25) is 0 Å². The highest BCUT2D eigenvalue weighted by molar-refractivity contribution is 5.84. The summed E-state index contributed by atoms with van der Waals surface area (Å²) in [5.41, 5.74) is 2.46. The number of hydrogen-bond acceptors (Lipinski definition) is 9. The third kappa shape index (κ3) is 19.9. The minimum Gasteiger partial charge on any atom is -0.480 e. The van der Waals surface area contributed by atoms with Crippen LogP contribution in [0.3, 0.4) is 0 Å². The molecule has 0 radical (unpaired) electrons. The number of carbonyl (C=O) groups is 3. The van der Waals surface area contributed by atoms with E-state index in [0.29, 0.717) is 39.3 Å². The number of carboxylic acid groups (broad SMARTS) is 1. The molecule has 12 heteroatoms. The van der Waals surface area contributed by atoms with Crippen LogP contribution < -0.4 is 21.9 Å². The molecular formula is C19H38N4O8. The molecule has 0 aromatic rings. The molecule has 1 unspecified atom stereocenters. The van der Waals surface area contributed by atoms with E-state index in [1.165, 1.54) is 0 Å². The molecule has 0 aliphatic carbocycles. The second kappa shape index (κ2) is 21.4. The Bertz CT molecular complexity index is 482. The zero-order valence-corrected chi connectivity index (χ0v) is 18.4. The van der Waals surface area contributed by atoms with Gasteiger partial charge in [0.1, 0.15) is 19.3 Å². The number of aliphatic carboxylic acids is 1. The van der Waals surface area contributed by atoms with Gasteiger partial charge in [0.25, 0.3) is 0 Å². The van der Waals surface area contributed by atoms with Crippen LogP contribution in [-0.4, -0.2) is 94.9 Å². The van der Waals surface area contributed by atoms with E-state index < -0.39 is 17.9 Å². The smallest absolute Gasteiger partial charge is 0.326 e. The molecule has 0 bridgehead atoms. The number of nitrogens with one attached hydrogen (secondary N) is 3. The molecule has 12 nitrogen and oxygen atoms in total. The van der Waals surface area contributed by atoms with Crippen molar-refractivity contribution in [3.8, 4) is 0 Å². The lowest BCUT2D eigenvalue weighted by Gasteiger charge is -2.14. The van der Waals surface area contributed by atoms with Crippen LogP contribution in [-0.2, 0) is 33.3 Å². The van der Waals surface area contributed by atoms with Crippen molar-refractivity contribution in [3.63, 3.8) is 0 Å². The van der Waals surface area contributed by atoms with Crippen molar-refractivity contribution in [2.24, 2.45) is 5.84 Å². The van der Waals surface area contributed by atoms with Crippen LogP contribution in [0.1, 0.15) is 32.6 Å². The van der Waals surface area contributed by atoms with E-state index in [1.54, 1.807) is 0 Å². The van der Waals surface area contributed by atoms with Gasteiger partial charge in [-0.3, -0.25) is 20.9 Å². The summed E-state index contributed by atoms with van der Waals surface area (Å²) in [6, 6.07) is -0.896. The molecule has 6 N–H and O–H groups in total. The maximum absolute atomic E-state index is 11.8. The lowest BCUT2D eigenvalue weighted by molar-refractivity contribution is -0.142. The standard InChI is InChI=1S/C19H38N4O8/c1-2-3-4-5-16(19(26)27)23-18(25)15-31-13-10-28-8-6-21-17(24)14-30-12-11-29-9-7-22-20/h16,22H,2-15,20H2,1H3,(H,21,24)(H,23,25)(H,26,27). The number of rotatable bonds is 22. The quantitative estimate of drug-likeness (QED) is 0.0765. The van der Waals surface area contributed by atoms with E-state index >= 15 is 0 Å². The molecule has 0 aromatic heterocycles. The van der Waals surface area contributed by atoms with Gasteiger partial charge >= 0.3 is 5.97 Å². The molecule has 0 aliphatic heterocycles. The molecule has 0 saturated heterocycles. The fourth-order valence-electron chi connectivity index (χ4n) is 2.31. The SMILES string of the molecule is CCCCCC(NC(=O)COCCOCCNC(=O)COCCOCCNN)C(=O)O. The summed E-state index contributed by atoms with van der Waals surface area (Å²) in [6.45, 7) is 4.46. The fourth-order valence-corrected chi connectivity index (χ4v) is 2.31. The number of unbranched alkanes of at least 4 members (excludes halogenated alkanes) is 2. The summed E-state index contributed by atoms with van der Waals surface area (Å²) in [6.07, 6.45) is 3.04. The average Bonchev–Trinajstić information content (AvgIpc) is 2.74. The van der Waals surface area contributed by atoms with Gasteiger partial charge in [-0.2, -0.15) is 0 Å². The third-order valence-corrected chi connectivity index (χ3v) is 3.90. The van der Waals surface area contributed by atoms with Gasteiger partial charge in [0.15, 0.2) is 0 Å². The minimum atomic E-state index is -1.05. The summed E-state index contributed by atoms with van der Waals surface area (Å²) in [5, 5.41) is 14.2. The summed E-state index contributed by atoms with van der Waals surface area (Å²) in [4.78, 5) is 34.4. The van der Waals surface area contributed by atoms with Crippen LogP contribution in [0.5, 0.6) is 0 Å². The van der Waals surface area contributed by atoms with Crippen LogP contribution in [0.25, 0.3) is 0 Å². The van der Waals surface area contributed by atoms with Gasteiger partial charge in [-0.15, -0.1) is 0 Å². The Morgan fingerprint density at radius 2 is 1.42 bits per heavy atom. The fraction of sp³-hybridized carbons (Fsp3) is 0.842. The highest BCUT2D eigenvalue weighted by atomic mass is 16.5. The molecule has 1 atom stereocenters.